The van der Waals surface area contributed by atoms with Crippen LogP contribution in [0.25, 0.3) is 0 Å². The van der Waals surface area contributed by atoms with Gasteiger partial charge in [-0.05, 0) is 46.5 Å². The molecule has 2 N–H and O–H groups in total. The summed E-state index contributed by atoms with van der Waals surface area (Å²) in [5.74, 6) is -0.409. The van der Waals surface area contributed by atoms with Gasteiger partial charge in [-0.15, -0.1) is 0 Å². The average molecular weight is 256 g/mol. The minimum Gasteiger partial charge on any atom is -0.324 e. The van der Waals surface area contributed by atoms with E-state index in [4.69, 9.17) is 17.3 Å². The topological polar surface area (TPSA) is 26.0 Å². The molecule has 1 aromatic heterocycles. The Morgan fingerprint density at radius 3 is 2.81 bits per heavy atom. The smallest absolute Gasteiger partial charge is 0.141 e. The summed E-state index contributed by atoms with van der Waals surface area (Å²) in [4.78, 5) is 0. The molecule has 0 aliphatic carbocycles. The fraction of sp³-hybridized carbons (Fsp3) is 0.167. The van der Waals surface area contributed by atoms with Crippen LogP contribution in [-0.4, -0.2) is 0 Å². The van der Waals surface area contributed by atoms with E-state index in [9.17, 15) is 4.39 Å². The van der Waals surface area contributed by atoms with Gasteiger partial charge in [0.2, 0.25) is 0 Å². The van der Waals surface area contributed by atoms with Gasteiger partial charge in [0.05, 0.1) is 5.02 Å². The molecular weight excluding hydrogens is 245 g/mol. The van der Waals surface area contributed by atoms with E-state index in [0.29, 0.717) is 0 Å². The Morgan fingerprint density at radius 1 is 1.38 bits per heavy atom. The Balaban J connectivity index is 2.14. The van der Waals surface area contributed by atoms with Crippen molar-refractivity contribution in [1.82, 2.24) is 0 Å². The van der Waals surface area contributed by atoms with E-state index < -0.39 is 5.82 Å². The van der Waals surface area contributed by atoms with Crippen LogP contribution in [0.15, 0.2) is 35.0 Å². The van der Waals surface area contributed by atoms with Crippen LogP contribution in [0.3, 0.4) is 0 Å². The lowest BCUT2D eigenvalue weighted by atomic mass is 10.0. The van der Waals surface area contributed by atoms with Gasteiger partial charge >= 0.3 is 0 Å². The molecule has 0 saturated heterocycles. The quantitative estimate of drug-likeness (QED) is 0.887. The van der Waals surface area contributed by atoms with Crippen LogP contribution in [0.1, 0.15) is 17.2 Å². The van der Waals surface area contributed by atoms with Crippen LogP contribution in [0, 0.1) is 5.82 Å². The van der Waals surface area contributed by atoms with Crippen molar-refractivity contribution in [3.05, 3.63) is 57.0 Å². The van der Waals surface area contributed by atoms with Gasteiger partial charge in [-0.3, -0.25) is 0 Å². The molecule has 16 heavy (non-hydrogen) atoms. The minimum atomic E-state index is -0.409. The predicted octanol–water partition coefficient (Wildman–Crippen LogP) is 3.78. The molecule has 0 aliphatic heterocycles. The van der Waals surface area contributed by atoms with Gasteiger partial charge in [-0.2, -0.15) is 11.3 Å². The average Bonchev–Trinajstić information content (AvgIpc) is 2.74. The molecule has 4 heteroatoms. The number of hydrogen-bond acceptors (Lipinski definition) is 2. The fourth-order valence-electron chi connectivity index (χ4n) is 1.52. The fourth-order valence-corrected chi connectivity index (χ4v) is 2.39. The monoisotopic (exact) mass is 255 g/mol. The minimum absolute atomic E-state index is 0.123. The van der Waals surface area contributed by atoms with Crippen LogP contribution in [0.2, 0.25) is 5.02 Å². The van der Waals surface area contributed by atoms with Gasteiger partial charge in [0.25, 0.3) is 0 Å². The molecule has 2 aromatic rings. The largest absolute Gasteiger partial charge is 0.324 e. The van der Waals surface area contributed by atoms with E-state index in [1.54, 1.807) is 23.5 Å². The van der Waals surface area contributed by atoms with E-state index in [0.717, 1.165) is 12.0 Å². The van der Waals surface area contributed by atoms with E-state index in [1.165, 1.54) is 11.6 Å². The molecule has 0 aliphatic rings. The normalized spacial score (nSPS) is 12.7. The van der Waals surface area contributed by atoms with Crippen LogP contribution >= 0.6 is 22.9 Å². The molecule has 1 aromatic carbocycles. The Labute approximate surface area is 103 Å². The molecule has 0 fully saturated rings. The highest BCUT2D eigenvalue weighted by Gasteiger charge is 2.09. The van der Waals surface area contributed by atoms with E-state index in [2.05, 4.69) is 5.38 Å². The number of rotatable bonds is 3. The molecule has 2 rings (SSSR count). The number of thiophene rings is 1. The second-order valence-electron chi connectivity index (χ2n) is 3.62. The summed E-state index contributed by atoms with van der Waals surface area (Å²) in [7, 11) is 0. The van der Waals surface area contributed by atoms with Gasteiger partial charge < -0.3 is 5.73 Å². The molecule has 1 nitrogen and oxygen atoms in total. The maximum absolute atomic E-state index is 13.0. The first-order chi connectivity index (χ1) is 7.66. The third-order valence-corrected chi connectivity index (χ3v) is 3.43. The van der Waals surface area contributed by atoms with Crippen LogP contribution in [0.5, 0.6) is 0 Å². The highest BCUT2D eigenvalue weighted by Crippen LogP contribution is 2.22. The van der Waals surface area contributed by atoms with Gasteiger partial charge in [-0.25, -0.2) is 4.39 Å². The lowest BCUT2D eigenvalue weighted by molar-refractivity contribution is 0.625. The lowest BCUT2D eigenvalue weighted by Crippen LogP contribution is -2.13. The van der Waals surface area contributed by atoms with Crippen molar-refractivity contribution in [2.24, 2.45) is 5.73 Å². The molecule has 1 unspecified atom stereocenters. The molecule has 84 valence electrons. The number of hydrogen-bond donors (Lipinski definition) is 1. The molecular formula is C12H11ClFNS. The molecule has 0 amide bonds. The maximum atomic E-state index is 13.0. The molecule has 0 spiro atoms. The van der Waals surface area contributed by atoms with Gasteiger partial charge in [0, 0.05) is 6.04 Å². The summed E-state index contributed by atoms with van der Waals surface area (Å²) in [6.07, 6.45) is 0.742. The highest BCUT2D eigenvalue weighted by atomic mass is 35.5. The first-order valence-corrected chi connectivity index (χ1v) is 6.20. The Bertz CT molecular complexity index is 470. The Kier molecular flexibility index (Phi) is 3.59. The summed E-state index contributed by atoms with van der Waals surface area (Å²) < 4.78 is 13.0. The summed E-state index contributed by atoms with van der Waals surface area (Å²) in [6, 6.07) is 6.51. The van der Waals surface area contributed by atoms with Gasteiger partial charge in [0.15, 0.2) is 0 Å². The highest BCUT2D eigenvalue weighted by molar-refractivity contribution is 7.07. The van der Waals surface area contributed by atoms with E-state index >= 15 is 0 Å². The van der Waals surface area contributed by atoms with Crippen molar-refractivity contribution in [3.8, 4) is 0 Å². The number of halogens is 2. The summed E-state index contributed by atoms with van der Waals surface area (Å²) >= 11 is 7.35. The second kappa shape index (κ2) is 4.95. The number of nitrogens with two attached hydrogens (primary N) is 1. The zero-order valence-electron chi connectivity index (χ0n) is 8.49. The van der Waals surface area contributed by atoms with E-state index in [1.807, 2.05) is 11.4 Å². The van der Waals surface area contributed by atoms with Crippen molar-refractivity contribution in [2.75, 3.05) is 0 Å². The second-order valence-corrected chi connectivity index (χ2v) is 4.80. The molecule has 0 saturated carbocycles. The van der Waals surface area contributed by atoms with E-state index in [-0.39, 0.29) is 11.1 Å². The number of benzene rings is 1. The standard InChI is InChI=1S/C12H11ClFNS/c13-10-6-9(1-2-11(10)14)12(15)5-8-3-4-16-7-8/h1-4,6-7,12H,5,15H2. The Morgan fingerprint density at radius 2 is 2.19 bits per heavy atom. The molecule has 1 atom stereocenters. The van der Waals surface area contributed by atoms with Crippen molar-refractivity contribution >= 4 is 22.9 Å². The molecule has 0 radical (unpaired) electrons. The first kappa shape index (κ1) is 11.6. The first-order valence-electron chi connectivity index (χ1n) is 4.88. The van der Waals surface area contributed by atoms with Crippen LogP contribution in [0.4, 0.5) is 4.39 Å². The maximum Gasteiger partial charge on any atom is 0.141 e. The van der Waals surface area contributed by atoms with Crippen molar-refractivity contribution in [1.29, 1.82) is 0 Å². The van der Waals surface area contributed by atoms with Crippen molar-refractivity contribution < 1.29 is 4.39 Å². The van der Waals surface area contributed by atoms with Gasteiger partial charge in [-0.1, -0.05) is 17.7 Å². The predicted molar refractivity (Wildman–Crippen MR) is 66.4 cm³/mol. The SMILES string of the molecule is NC(Cc1ccsc1)c1ccc(F)c(Cl)c1. The van der Waals surface area contributed by atoms with Gasteiger partial charge in [0.1, 0.15) is 5.82 Å². The zero-order valence-corrected chi connectivity index (χ0v) is 10.1. The van der Waals surface area contributed by atoms with Crippen molar-refractivity contribution in [3.63, 3.8) is 0 Å². The summed E-state index contributed by atoms with van der Waals surface area (Å²) in [5.41, 5.74) is 8.08. The molecule has 1 heterocycles. The summed E-state index contributed by atoms with van der Waals surface area (Å²) in [6.45, 7) is 0. The lowest BCUT2D eigenvalue weighted by Gasteiger charge is -2.11. The van der Waals surface area contributed by atoms with Crippen LogP contribution < -0.4 is 5.73 Å². The molecule has 0 bridgehead atoms. The van der Waals surface area contributed by atoms with Crippen molar-refractivity contribution in [2.45, 2.75) is 12.5 Å². The Hall–Kier alpha value is -0.900. The zero-order chi connectivity index (χ0) is 11.5. The third-order valence-electron chi connectivity index (χ3n) is 2.41. The summed E-state index contributed by atoms with van der Waals surface area (Å²) in [5, 5.41) is 4.20. The van der Waals surface area contributed by atoms with Crippen LogP contribution in [-0.2, 0) is 6.42 Å². The third kappa shape index (κ3) is 2.61.